The lowest BCUT2D eigenvalue weighted by Crippen LogP contribution is -2.47. The van der Waals surface area contributed by atoms with E-state index in [9.17, 15) is 13.2 Å². The number of hydrogen-bond donors (Lipinski definition) is 0. The number of anilines is 2. The van der Waals surface area contributed by atoms with Crippen LogP contribution < -0.4 is 9.21 Å². The van der Waals surface area contributed by atoms with Crippen molar-refractivity contribution in [2.75, 3.05) is 9.21 Å². The molecule has 3 aromatic carbocycles. The zero-order chi connectivity index (χ0) is 22.2. The Morgan fingerprint density at radius 3 is 2.19 bits per heavy atom. The quantitative estimate of drug-likeness (QED) is 0.576. The molecule has 0 fully saturated rings. The smallest absolute Gasteiger partial charge is 0.264 e. The Bertz CT molecular complexity index is 1190. The molecule has 0 bridgehead atoms. The molecule has 0 saturated heterocycles. The molecule has 0 N–H and O–H groups in total. The molecule has 1 amide bonds. The fourth-order valence-corrected chi connectivity index (χ4v) is 6.01. The number of rotatable bonds is 4. The standard InChI is InChI=1S/C25H26N2O3S/c1-18-13-15-22(16-14-18)31(29,30)27(21-9-5-4-6-10-21)25-17-19(2)26(20(3)28)24-12-8-7-11-23(24)25/h4-16,19,25H,17H2,1-3H3. The first-order valence-corrected chi connectivity index (χ1v) is 11.8. The van der Waals surface area contributed by atoms with Crippen molar-refractivity contribution in [1.82, 2.24) is 0 Å². The number of para-hydroxylation sites is 2. The van der Waals surface area contributed by atoms with Crippen LogP contribution in [-0.4, -0.2) is 20.4 Å². The molecular weight excluding hydrogens is 408 g/mol. The van der Waals surface area contributed by atoms with Crippen molar-refractivity contribution in [2.45, 2.75) is 44.2 Å². The van der Waals surface area contributed by atoms with Gasteiger partial charge in [-0.25, -0.2) is 8.42 Å². The lowest BCUT2D eigenvalue weighted by atomic mass is 9.91. The topological polar surface area (TPSA) is 57.7 Å². The summed E-state index contributed by atoms with van der Waals surface area (Å²) in [5.74, 6) is -0.0500. The third kappa shape index (κ3) is 3.83. The summed E-state index contributed by atoms with van der Waals surface area (Å²) >= 11 is 0. The molecule has 0 aromatic heterocycles. The van der Waals surface area contributed by atoms with Gasteiger partial charge in [0.2, 0.25) is 5.91 Å². The molecule has 0 saturated carbocycles. The number of carbonyl (C=O) groups is 1. The zero-order valence-corrected chi connectivity index (χ0v) is 18.7. The van der Waals surface area contributed by atoms with Crippen molar-refractivity contribution in [2.24, 2.45) is 0 Å². The molecule has 1 aliphatic heterocycles. The minimum absolute atomic E-state index is 0.0500. The number of fused-ring (bicyclic) bond motifs is 1. The highest BCUT2D eigenvalue weighted by atomic mass is 32.2. The van der Waals surface area contributed by atoms with Crippen molar-refractivity contribution in [3.05, 3.63) is 90.0 Å². The van der Waals surface area contributed by atoms with E-state index in [1.165, 1.54) is 4.31 Å². The van der Waals surface area contributed by atoms with Gasteiger partial charge in [-0.15, -0.1) is 0 Å². The van der Waals surface area contributed by atoms with Crippen molar-refractivity contribution < 1.29 is 13.2 Å². The lowest BCUT2D eigenvalue weighted by molar-refractivity contribution is -0.117. The molecule has 5 nitrogen and oxygen atoms in total. The third-order valence-corrected chi connectivity index (χ3v) is 7.62. The van der Waals surface area contributed by atoms with E-state index in [-0.39, 0.29) is 16.8 Å². The highest BCUT2D eigenvalue weighted by molar-refractivity contribution is 7.92. The molecule has 6 heteroatoms. The molecule has 0 spiro atoms. The summed E-state index contributed by atoms with van der Waals surface area (Å²) in [4.78, 5) is 14.4. The number of aryl methyl sites for hydroxylation is 1. The lowest BCUT2D eigenvalue weighted by Gasteiger charge is -2.43. The van der Waals surface area contributed by atoms with Crippen LogP contribution in [0, 0.1) is 6.92 Å². The van der Waals surface area contributed by atoms with Gasteiger partial charge in [-0.3, -0.25) is 9.10 Å². The molecule has 2 atom stereocenters. The Kier molecular flexibility index (Phi) is 5.58. The maximum Gasteiger partial charge on any atom is 0.264 e. The van der Waals surface area contributed by atoms with Crippen LogP contribution in [0.5, 0.6) is 0 Å². The van der Waals surface area contributed by atoms with E-state index in [1.54, 1.807) is 24.0 Å². The van der Waals surface area contributed by atoms with Crippen LogP contribution in [0.4, 0.5) is 11.4 Å². The Morgan fingerprint density at radius 1 is 0.935 bits per heavy atom. The number of carbonyl (C=O) groups excluding carboxylic acids is 1. The summed E-state index contributed by atoms with van der Waals surface area (Å²) in [6.07, 6.45) is 0.497. The first kappa shape index (κ1) is 21.1. The van der Waals surface area contributed by atoms with Gasteiger partial charge in [-0.1, -0.05) is 54.1 Å². The minimum atomic E-state index is -3.84. The fraction of sp³-hybridized carbons (Fsp3) is 0.240. The van der Waals surface area contributed by atoms with Gasteiger partial charge in [0.25, 0.3) is 10.0 Å². The summed E-state index contributed by atoms with van der Waals surface area (Å²) in [5.41, 5.74) is 3.19. The number of amides is 1. The Morgan fingerprint density at radius 2 is 1.55 bits per heavy atom. The predicted octanol–water partition coefficient (Wildman–Crippen LogP) is 5.08. The van der Waals surface area contributed by atoms with E-state index in [0.717, 1.165) is 16.8 Å². The molecule has 0 radical (unpaired) electrons. The maximum absolute atomic E-state index is 13.9. The number of benzene rings is 3. The zero-order valence-electron chi connectivity index (χ0n) is 17.9. The number of sulfonamides is 1. The van der Waals surface area contributed by atoms with Gasteiger partial charge >= 0.3 is 0 Å². The molecule has 0 aliphatic carbocycles. The molecule has 3 aromatic rings. The van der Waals surface area contributed by atoms with E-state index in [1.807, 2.05) is 80.6 Å². The van der Waals surface area contributed by atoms with Gasteiger partial charge < -0.3 is 4.90 Å². The van der Waals surface area contributed by atoms with Crippen molar-refractivity contribution in [3.63, 3.8) is 0 Å². The van der Waals surface area contributed by atoms with Crippen LogP contribution in [0.25, 0.3) is 0 Å². The Hall–Kier alpha value is -3.12. The Labute approximate surface area is 184 Å². The molecule has 1 heterocycles. The van der Waals surface area contributed by atoms with Crippen LogP contribution in [0.1, 0.15) is 37.4 Å². The van der Waals surface area contributed by atoms with E-state index in [0.29, 0.717) is 12.1 Å². The first-order chi connectivity index (χ1) is 14.8. The summed E-state index contributed by atoms with van der Waals surface area (Å²) in [5, 5.41) is 0. The molecule has 31 heavy (non-hydrogen) atoms. The van der Waals surface area contributed by atoms with Crippen molar-refractivity contribution in [3.8, 4) is 0 Å². The molecule has 160 valence electrons. The Balaban J connectivity index is 1.92. The van der Waals surface area contributed by atoms with Crippen LogP contribution in [0.15, 0.2) is 83.8 Å². The first-order valence-electron chi connectivity index (χ1n) is 10.4. The van der Waals surface area contributed by atoms with Gasteiger partial charge in [0.05, 0.1) is 16.6 Å². The van der Waals surface area contributed by atoms with Gasteiger partial charge in [-0.2, -0.15) is 0 Å². The second kappa shape index (κ2) is 8.19. The van der Waals surface area contributed by atoms with Crippen LogP contribution in [0.3, 0.4) is 0 Å². The number of hydrogen-bond acceptors (Lipinski definition) is 3. The summed E-state index contributed by atoms with van der Waals surface area (Å²) in [6, 6.07) is 23.1. The second-order valence-electron chi connectivity index (χ2n) is 8.00. The number of nitrogens with zero attached hydrogens (tertiary/aromatic N) is 2. The SMILES string of the molecule is CC(=O)N1c2ccccc2C(N(c2ccccc2)S(=O)(=O)c2ccc(C)cc2)CC1C. The maximum atomic E-state index is 13.9. The molecule has 2 unspecified atom stereocenters. The van der Waals surface area contributed by atoms with Gasteiger partial charge in [0.15, 0.2) is 0 Å². The van der Waals surface area contributed by atoms with Crippen LogP contribution in [-0.2, 0) is 14.8 Å². The van der Waals surface area contributed by atoms with Crippen LogP contribution >= 0.6 is 0 Å². The summed E-state index contributed by atoms with van der Waals surface area (Å²) < 4.78 is 29.4. The van der Waals surface area contributed by atoms with E-state index >= 15 is 0 Å². The van der Waals surface area contributed by atoms with Gasteiger partial charge in [0, 0.05) is 18.7 Å². The summed E-state index contributed by atoms with van der Waals surface area (Å²) in [7, 11) is -3.84. The van der Waals surface area contributed by atoms with Crippen molar-refractivity contribution in [1.29, 1.82) is 0 Å². The molecule has 1 aliphatic rings. The average molecular weight is 435 g/mol. The average Bonchev–Trinajstić information content (AvgIpc) is 2.74. The van der Waals surface area contributed by atoms with Crippen molar-refractivity contribution >= 4 is 27.3 Å². The molecule has 4 rings (SSSR count). The van der Waals surface area contributed by atoms with Crippen LogP contribution in [0.2, 0.25) is 0 Å². The van der Waals surface area contributed by atoms with E-state index in [4.69, 9.17) is 0 Å². The monoisotopic (exact) mass is 434 g/mol. The van der Waals surface area contributed by atoms with E-state index < -0.39 is 16.1 Å². The highest BCUT2D eigenvalue weighted by Crippen LogP contribution is 2.44. The fourth-order valence-electron chi connectivity index (χ4n) is 4.37. The van der Waals surface area contributed by atoms with E-state index in [2.05, 4.69) is 0 Å². The van der Waals surface area contributed by atoms with Gasteiger partial charge in [-0.05, 0) is 56.2 Å². The largest absolute Gasteiger partial charge is 0.309 e. The molecular formula is C25H26N2O3S. The normalized spacial score (nSPS) is 18.4. The van der Waals surface area contributed by atoms with Gasteiger partial charge in [0.1, 0.15) is 0 Å². The highest BCUT2D eigenvalue weighted by Gasteiger charge is 2.40. The predicted molar refractivity (Wildman–Crippen MR) is 124 cm³/mol. The summed E-state index contributed by atoms with van der Waals surface area (Å²) in [6.45, 7) is 5.44. The minimum Gasteiger partial charge on any atom is -0.309 e. The third-order valence-electron chi connectivity index (χ3n) is 5.77. The second-order valence-corrected chi connectivity index (χ2v) is 9.81.